The minimum atomic E-state index is 0.553. The third-order valence-corrected chi connectivity index (χ3v) is 4.50. The van der Waals surface area contributed by atoms with Crippen LogP contribution in [0.15, 0.2) is 17.6 Å². The van der Waals surface area contributed by atoms with Crippen LogP contribution < -0.4 is 5.32 Å². The number of hydrogen-bond acceptors (Lipinski definition) is 3. The van der Waals surface area contributed by atoms with E-state index in [1.54, 1.807) is 0 Å². The van der Waals surface area contributed by atoms with Crippen molar-refractivity contribution in [1.29, 1.82) is 0 Å². The summed E-state index contributed by atoms with van der Waals surface area (Å²) in [6.45, 7) is 7.28. The Morgan fingerprint density at radius 3 is 2.78 bits per heavy atom. The molecule has 1 aromatic heterocycles. The van der Waals surface area contributed by atoms with Gasteiger partial charge in [0.1, 0.15) is 12.4 Å². The van der Waals surface area contributed by atoms with E-state index in [0.717, 1.165) is 37.0 Å². The van der Waals surface area contributed by atoms with Crippen LogP contribution in [0.5, 0.6) is 0 Å². The van der Waals surface area contributed by atoms with Gasteiger partial charge in [-0.1, -0.05) is 18.9 Å². The molecule has 0 radical (unpaired) electrons. The molecule has 1 aromatic rings. The van der Waals surface area contributed by atoms with Crippen molar-refractivity contribution in [2.24, 2.45) is 12.0 Å². The van der Waals surface area contributed by atoms with Gasteiger partial charge in [0.2, 0.25) is 0 Å². The summed E-state index contributed by atoms with van der Waals surface area (Å²) in [5, 5.41) is 11.9. The predicted molar refractivity (Wildman–Crippen MR) is 94.3 cm³/mol. The van der Waals surface area contributed by atoms with Gasteiger partial charge in [0.15, 0.2) is 11.8 Å². The highest BCUT2D eigenvalue weighted by molar-refractivity contribution is 5.80. The normalized spacial score (nSPS) is 15.9. The summed E-state index contributed by atoms with van der Waals surface area (Å²) in [5.41, 5.74) is 0. The molecule has 1 heterocycles. The van der Waals surface area contributed by atoms with E-state index >= 15 is 0 Å². The lowest BCUT2D eigenvalue weighted by molar-refractivity contribution is 0.452. The topological polar surface area (TPSA) is 58.3 Å². The highest BCUT2D eigenvalue weighted by Crippen LogP contribution is 2.18. The highest BCUT2D eigenvalue weighted by atomic mass is 15.3. The van der Waals surface area contributed by atoms with Crippen LogP contribution in [0, 0.1) is 6.92 Å². The van der Waals surface area contributed by atoms with Gasteiger partial charge < -0.3 is 14.8 Å². The third-order valence-electron chi connectivity index (χ3n) is 4.50. The molecule has 0 bridgehead atoms. The molecule has 1 N–H and O–H groups in total. The summed E-state index contributed by atoms with van der Waals surface area (Å²) < 4.78 is 1.99. The van der Waals surface area contributed by atoms with E-state index in [9.17, 15) is 0 Å². The smallest absolute Gasteiger partial charge is 0.194 e. The largest absolute Gasteiger partial charge is 0.354 e. The van der Waals surface area contributed by atoms with Gasteiger partial charge in [-0.15, -0.1) is 16.8 Å². The summed E-state index contributed by atoms with van der Waals surface area (Å²) >= 11 is 0. The molecule has 128 valence electrons. The molecule has 0 spiro atoms. The van der Waals surface area contributed by atoms with Gasteiger partial charge in [0, 0.05) is 26.7 Å². The van der Waals surface area contributed by atoms with Gasteiger partial charge >= 0.3 is 0 Å². The first-order valence-electron chi connectivity index (χ1n) is 8.59. The van der Waals surface area contributed by atoms with E-state index in [-0.39, 0.29) is 0 Å². The molecular weight excluding hydrogens is 288 g/mol. The lowest BCUT2D eigenvalue weighted by Crippen LogP contribution is -2.43. The van der Waals surface area contributed by atoms with E-state index in [4.69, 9.17) is 4.99 Å². The summed E-state index contributed by atoms with van der Waals surface area (Å²) in [4.78, 5) is 7.01. The van der Waals surface area contributed by atoms with E-state index in [1.165, 1.54) is 25.7 Å². The highest BCUT2D eigenvalue weighted by Gasteiger charge is 2.18. The first-order valence-corrected chi connectivity index (χ1v) is 8.59. The van der Waals surface area contributed by atoms with E-state index < -0.39 is 0 Å². The van der Waals surface area contributed by atoms with Crippen LogP contribution in [-0.2, 0) is 13.6 Å². The zero-order valence-corrected chi connectivity index (χ0v) is 14.8. The van der Waals surface area contributed by atoms with Crippen molar-refractivity contribution in [3.05, 3.63) is 24.3 Å². The molecule has 1 fully saturated rings. The number of aromatic nitrogens is 3. The Bertz CT molecular complexity index is 527. The summed E-state index contributed by atoms with van der Waals surface area (Å²) in [7, 11) is 4.09. The van der Waals surface area contributed by atoms with Gasteiger partial charge in [-0.25, -0.2) is 4.99 Å². The van der Waals surface area contributed by atoms with Gasteiger partial charge in [0.05, 0.1) is 0 Å². The Morgan fingerprint density at radius 2 is 2.17 bits per heavy atom. The zero-order valence-electron chi connectivity index (χ0n) is 14.8. The Morgan fingerprint density at radius 1 is 1.43 bits per heavy atom. The number of rotatable bonds is 7. The summed E-state index contributed by atoms with van der Waals surface area (Å²) in [6, 6.07) is 0.553. The van der Waals surface area contributed by atoms with Crippen molar-refractivity contribution in [2.75, 3.05) is 13.6 Å². The maximum atomic E-state index is 4.79. The second-order valence-electron chi connectivity index (χ2n) is 6.34. The van der Waals surface area contributed by atoms with Crippen molar-refractivity contribution in [2.45, 2.75) is 58.0 Å². The quantitative estimate of drug-likeness (QED) is 0.363. The first-order chi connectivity index (χ1) is 11.1. The zero-order chi connectivity index (χ0) is 16.7. The first kappa shape index (κ1) is 17.5. The molecule has 1 aliphatic carbocycles. The molecule has 0 saturated heterocycles. The minimum absolute atomic E-state index is 0.553. The van der Waals surface area contributed by atoms with Crippen LogP contribution in [0.1, 0.15) is 50.2 Å². The maximum Gasteiger partial charge on any atom is 0.194 e. The number of allylic oxidation sites excluding steroid dienone is 1. The summed E-state index contributed by atoms with van der Waals surface area (Å²) in [6.07, 6.45) is 9.20. The number of aryl methyl sites for hydroxylation is 1. The molecule has 0 atom stereocenters. The lowest BCUT2D eigenvalue weighted by Gasteiger charge is -2.25. The number of unbranched alkanes of at least 4 members (excludes halogenated alkanes) is 1. The fraction of sp³-hybridized carbons (Fsp3) is 0.706. The molecule has 0 aromatic carbocycles. The second-order valence-corrected chi connectivity index (χ2v) is 6.34. The van der Waals surface area contributed by atoms with E-state index in [1.807, 2.05) is 24.6 Å². The van der Waals surface area contributed by atoms with E-state index in [2.05, 4.69) is 34.0 Å². The van der Waals surface area contributed by atoms with Crippen LogP contribution >= 0.6 is 0 Å². The molecule has 6 nitrogen and oxygen atoms in total. The average Bonchev–Trinajstić information content (AvgIpc) is 3.16. The monoisotopic (exact) mass is 318 g/mol. The third kappa shape index (κ3) is 5.08. The minimum Gasteiger partial charge on any atom is -0.354 e. The number of guanidine groups is 1. The Balaban J connectivity index is 2.02. The molecule has 1 aliphatic rings. The maximum absolute atomic E-state index is 4.79. The van der Waals surface area contributed by atoms with Crippen LogP contribution in [0.25, 0.3) is 0 Å². The fourth-order valence-electron chi connectivity index (χ4n) is 2.84. The molecular formula is C17H30N6. The predicted octanol–water partition coefficient (Wildman–Crippen LogP) is 2.41. The molecule has 0 unspecified atom stereocenters. The molecule has 0 amide bonds. The van der Waals surface area contributed by atoms with Crippen molar-refractivity contribution >= 4 is 5.96 Å². The van der Waals surface area contributed by atoms with Gasteiger partial charge in [-0.05, 0) is 32.6 Å². The number of nitrogens with zero attached hydrogens (tertiary/aromatic N) is 5. The Labute approximate surface area is 139 Å². The van der Waals surface area contributed by atoms with Gasteiger partial charge in [-0.3, -0.25) is 0 Å². The average molecular weight is 318 g/mol. The van der Waals surface area contributed by atoms with Crippen molar-refractivity contribution in [3.8, 4) is 0 Å². The number of aliphatic imine (C=N–C) groups is 1. The van der Waals surface area contributed by atoms with Crippen molar-refractivity contribution in [3.63, 3.8) is 0 Å². The molecule has 1 saturated carbocycles. The number of nitrogens with one attached hydrogen (secondary N) is 1. The Hall–Kier alpha value is -1.85. The fourth-order valence-corrected chi connectivity index (χ4v) is 2.84. The standard InChI is InChI=1S/C17H30N6/c1-5-6-9-12-22(3)17(19-15-10-7-8-11-15)18-13-16-21-20-14(2)23(16)4/h5,15H,1,6-13H2,2-4H3,(H,18,19). The van der Waals surface area contributed by atoms with Crippen molar-refractivity contribution in [1.82, 2.24) is 25.0 Å². The van der Waals surface area contributed by atoms with Crippen LogP contribution in [0.4, 0.5) is 0 Å². The van der Waals surface area contributed by atoms with Crippen LogP contribution in [-0.4, -0.2) is 45.3 Å². The van der Waals surface area contributed by atoms with Gasteiger partial charge in [0.25, 0.3) is 0 Å². The second kappa shape index (κ2) is 8.70. The summed E-state index contributed by atoms with van der Waals surface area (Å²) in [5.74, 6) is 2.79. The SMILES string of the molecule is C=CCCCN(C)C(=NCc1nnc(C)n1C)NC1CCCC1. The molecule has 0 aliphatic heterocycles. The number of hydrogen-bond donors (Lipinski definition) is 1. The van der Waals surface area contributed by atoms with Crippen LogP contribution in [0.2, 0.25) is 0 Å². The van der Waals surface area contributed by atoms with Gasteiger partial charge in [-0.2, -0.15) is 0 Å². The van der Waals surface area contributed by atoms with Crippen molar-refractivity contribution < 1.29 is 0 Å². The molecule has 23 heavy (non-hydrogen) atoms. The Kier molecular flexibility index (Phi) is 6.62. The van der Waals surface area contributed by atoms with Crippen LogP contribution in [0.3, 0.4) is 0 Å². The molecule has 6 heteroatoms. The van der Waals surface area contributed by atoms with E-state index in [0.29, 0.717) is 12.6 Å². The molecule has 2 rings (SSSR count). The lowest BCUT2D eigenvalue weighted by atomic mass is 10.2.